The number of unbranched alkanes of at least 4 members (excludes halogenated alkanes) is 24. The standard InChI is InChI=1S/4C11H20O2.Sn/c4*1-2-3-4-5-6-7-8-9-10-11(12)13;/h4*9-10H,2-8H2,1H3,(H,12,13);/q;;;;+4/p-4. The number of hydrogen-bond acceptors (Lipinski definition) is 8. The fourth-order valence-electron chi connectivity index (χ4n) is 4.89. The normalized spacial score (nSPS) is 10.6. The third-order valence-corrected chi connectivity index (χ3v) is 7.91. The van der Waals surface area contributed by atoms with Gasteiger partial charge in [-0.25, -0.2) is 0 Å². The van der Waals surface area contributed by atoms with E-state index in [4.69, 9.17) is 0 Å². The SMILES string of the molecule is CCCCCCCCC=CC(=O)[O-].CCCCCCCCC=CC(=O)[O-].CCCCCCCCC=CC(=O)[O-].CCCCCCCCC=CC(=O)[O-].[Sn+4]. The van der Waals surface area contributed by atoms with Gasteiger partial charge < -0.3 is 39.6 Å². The molecule has 0 bridgehead atoms. The molecule has 0 aromatic heterocycles. The van der Waals surface area contributed by atoms with Crippen LogP contribution in [0.25, 0.3) is 0 Å². The molecule has 0 heterocycles. The number of carbonyl (C=O) groups is 4. The van der Waals surface area contributed by atoms with Crippen molar-refractivity contribution in [2.24, 2.45) is 0 Å². The molecule has 8 nitrogen and oxygen atoms in total. The monoisotopic (exact) mass is 852 g/mol. The molecule has 0 saturated heterocycles. The molecular weight excluding hydrogens is 775 g/mol. The Morgan fingerprint density at radius 1 is 0.302 bits per heavy atom. The molecule has 0 spiro atoms. The average molecular weight is 852 g/mol. The van der Waals surface area contributed by atoms with E-state index in [1.165, 1.54) is 128 Å². The number of carboxylic acids is 4. The molecule has 9 heteroatoms. The van der Waals surface area contributed by atoms with Crippen molar-refractivity contribution < 1.29 is 39.6 Å². The minimum Gasteiger partial charge on any atom is -0.545 e. The molecule has 0 aromatic rings. The zero-order valence-electron chi connectivity index (χ0n) is 34.2. The number of allylic oxidation sites excluding steroid dienone is 4. The molecule has 0 amide bonds. The fourth-order valence-corrected chi connectivity index (χ4v) is 4.89. The van der Waals surface area contributed by atoms with Crippen LogP contribution in [0.1, 0.15) is 207 Å². The predicted molar refractivity (Wildman–Crippen MR) is 214 cm³/mol. The van der Waals surface area contributed by atoms with Gasteiger partial charge in [-0.15, -0.1) is 0 Å². The van der Waals surface area contributed by atoms with Crippen molar-refractivity contribution in [3.63, 3.8) is 0 Å². The molecule has 0 unspecified atom stereocenters. The van der Waals surface area contributed by atoms with Crippen LogP contribution in [0.5, 0.6) is 0 Å². The smallest absolute Gasteiger partial charge is 0.545 e. The van der Waals surface area contributed by atoms with E-state index < -0.39 is 23.9 Å². The largest absolute Gasteiger partial charge is 4.00 e. The van der Waals surface area contributed by atoms with Crippen LogP contribution < -0.4 is 20.4 Å². The van der Waals surface area contributed by atoms with Gasteiger partial charge in [-0.05, 0) is 75.7 Å². The molecule has 0 saturated carbocycles. The summed E-state index contributed by atoms with van der Waals surface area (Å²) in [6.07, 6.45) is 44.4. The van der Waals surface area contributed by atoms with Gasteiger partial charge in [0, 0.05) is 0 Å². The van der Waals surface area contributed by atoms with Gasteiger partial charge in [0.2, 0.25) is 0 Å². The van der Waals surface area contributed by atoms with Gasteiger partial charge in [-0.2, -0.15) is 0 Å². The van der Waals surface area contributed by atoms with Crippen molar-refractivity contribution in [3.05, 3.63) is 48.6 Å². The van der Waals surface area contributed by atoms with Gasteiger partial charge in [0.1, 0.15) is 0 Å². The maximum atomic E-state index is 9.98. The molecule has 0 aliphatic heterocycles. The van der Waals surface area contributed by atoms with Crippen molar-refractivity contribution >= 4 is 47.8 Å². The summed E-state index contributed by atoms with van der Waals surface area (Å²) in [5.41, 5.74) is 0. The molecule has 304 valence electrons. The van der Waals surface area contributed by atoms with E-state index in [9.17, 15) is 39.6 Å². The third kappa shape index (κ3) is 79.5. The predicted octanol–water partition coefficient (Wildman–Crippen LogP) is 7.79. The van der Waals surface area contributed by atoms with Gasteiger partial charge in [0.05, 0.1) is 23.9 Å². The van der Waals surface area contributed by atoms with Crippen LogP contribution in [0.3, 0.4) is 0 Å². The van der Waals surface area contributed by atoms with Crippen LogP contribution in [0.15, 0.2) is 48.6 Å². The summed E-state index contributed by atoms with van der Waals surface area (Å²) in [6.45, 7) is 8.79. The summed E-state index contributed by atoms with van der Waals surface area (Å²) >= 11 is 0. The van der Waals surface area contributed by atoms with Crippen LogP contribution >= 0.6 is 0 Å². The topological polar surface area (TPSA) is 161 Å². The number of hydrogen-bond donors (Lipinski definition) is 0. The first-order valence-corrected chi connectivity index (χ1v) is 20.6. The molecule has 0 rings (SSSR count). The second kappa shape index (κ2) is 56.4. The summed E-state index contributed by atoms with van der Waals surface area (Å²) in [6, 6.07) is 0. The molecule has 0 atom stereocenters. The van der Waals surface area contributed by atoms with Crippen molar-refractivity contribution in [1.29, 1.82) is 0 Å². The Hall–Kier alpha value is -2.36. The molecule has 0 fully saturated rings. The van der Waals surface area contributed by atoms with Crippen molar-refractivity contribution in [3.8, 4) is 0 Å². The second-order valence-corrected chi connectivity index (χ2v) is 13.1. The zero-order chi connectivity index (χ0) is 39.8. The van der Waals surface area contributed by atoms with Crippen LogP contribution in [0.4, 0.5) is 0 Å². The van der Waals surface area contributed by atoms with Crippen molar-refractivity contribution in [2.75, 3.05) is 0 Å². The maximum Gasteiger partial charge on any atom is 4.00 e. The first-order valence-electron chi connectivity index (χ1n) is 20.6. The Kier molecular flexibility index (Phi) is 63.7. The van der Waals surface area contributed by atoms with Crippen LogP contribution in [-0.4, -0.2) is 47.8 Å². The molecular formula is C44H76O8Sn. The third-order valence-electron chi connectivity index (χ3n) is 7.91. The Bertz CT molecular complexity index is 752. The van der Waals surface area contributed by atoms with Gasteiger partial charge in [0.25, 0.3) is 0 Å². The molecule has 0 radical (unpaired) electrons. The summed E-state index contributed by atoms with van der Waals surface area (Å²) < 4.78 is 0. The molecule has 0 aliphatic rings. The van der Waals surface area contributed by atoms with Crippen LogP contribution in [0.2, 0.25) is 0 Å². The number of aliphatic carboxylic acids is 4. The maximum absolute atomic E-state index is 9.98. The van der Waals surface area contributed by atoms with E-state index in [0.717, 1.165) is 75.7 Å². The second-order valence-electron chi connectivity index (χ2n) is 13.1. The van der Waals surface area contributed by atoms with Gasteiger partial charge in [-0.3, -0.25) is 0 Å². The quantitative estimate of drug-likeness (QED) is 0.0377. The number of carbonyl (C=O) groups excluding carboxylic acids is 4. The Morgan fingerprint density at radius 3 is 0.604 bits per heavy atom. The van der Waals surface area contributed by atoms with E-state index in [2.05, 4.69) is 27.7 Å². The zero-order valence-corrected chi connectivity index (χ0v) is 37.0. The van der Waals surface area contributed by atoms with Crippen molar-refractivity contribution in [1.82, 2.24) is 0 Å². The number of rotatable bonds is 32. The Labute approximate surface area is 342 Å². The summed E-state index contributed by atoms with van der Waals surface area (Å²) in [4.78, 5) is 39.9. The fraction of sp³-hybridized carbons (Fsp3) is 0.727. The van der Waals surface area contributed by atoms with E-state index in [0.29, 0.717) is 0 Å². The molecule has 0 N–H and O–H groups in total. The summed E-state index contributed by atoms with van der Waals surface area (Å²) in [7, 11) is 0. The first kappa shape index (κ1) is 59.9. The molecule has 0 aromatic carbocycles. The van der Waals surface area contributed by atoms with Gasteiger partial charge in [0.15, 0.2) is 0 Å². The van der Waals surface area contributed by atoms with Crippen LogP contribution in [0, 0.1) is 0 Å². The first-order chi connectivity index (χ1) is 25.1. The van der Waals surface area contributed by atoms with Gasteiger partial charge >= 0.3 is 23.9 Å². The van der Waals surface area contributed by atoms with E-state index in [-0.39, 0.29) is 23.9 Å². The van der Waals surface area contributed by atoms with E-state index in [1.54, 1.807) is 24.3 Å². The minimum atomic E-state index is -1.09. The Morgan fingerprint density at radius 2 is 0.453 bits per heavy atom. The summed E-state index contributed by atoms with van der Waals surface area (Å²) in [5, 5.41) is 39.9. The average Bonchev–Trinajstić information content (AvgIpc) is 3.10. The molecule has 0 aliphatic carbocycles. The Balaban J connectivity index is -0.000000192. The molecule has 53 heavy (non-hydrogen) atoms. The van der Waals surface area contributed by atoms with Gasteiger partial charge in [-0.1, -0.05) is 180 Å². The van der Waals surface area contributed by atoms with E-state index in [1.807, 2.05) is 0 Å². The van der Waals surface area contributed by atoms with Crippen LogP contribution in [-0.2, 0) is 19.2 Å². The van der Waals surface area contributed by atoms with E-state index >= 15 is 0 Å². The van der Waals surface area contributed by atoms with Crippen molar-refractivity contribution in [2.45, 2.75) is 207 Å². The number of carboxylic acid groups (broad SMARTS) is 4. The minimum absolute atomic E-state index is 0. The summed E-state index contributed by atoms with van der Waals surface area (Å²) in [5.74, 6) is -4.37.